The maximum atomic E-state index is 13.1. The number of nitrogens with two attached hydrogens (primary N) is 1. The number of esters is 1. The molecule has 1 aromatic heterocycles. The topological polar surface area (TPSA) is 226 Å². The maximum absolute atomic E-state index is 13.1. The van der Waals surface area contributed by atoms with Gasteiger partial charge in [-0.05, 0) is 0 Å². The molecule has 3 heterocycles. The fourth-order valence-corrected chi connectivity index (χ4v) is 5.65. The molecule has 0 aliphatic carbocycles. The molecule has 39 heavy (non-hydrogen) atoms. The van der Waals surface area contributed by atoms with E-state index in [-0.39, 0.29) is 64.1 Å². The van der Waals surface area contributed by atoms with Crippen LogP contribution in [-0.4, -0.2) is 85.0 Å². The van der Waals surface area contributed by atoms with Gasteiger partial charge in [-0.1, -0.05) is 17.4 Å². The SMILES string of the molecule is CC(=O)OCC1=C(C(=O)O)N2C(=O)C(NC(=O)/C(=N/OC(C)=O)c3csc(NC(=S)CC(=N)N)n3)[C@H]2SC1.Cl. The summed E-state index contributed by atoms with van der Waals surface area (Å²) in [7, 11) is 0. The van der Waals surface area contributed by atoms with Crippen molar-refractivity contribution >= 4 is 99.1 Å². The molecule has 210 valence electrons. The molecule has 3 rings (SSSR count). The Morgan fingerprint density at radius 2 is 2.03 bits per heavy atom. The van der Waals surface area contributed by atoms with Gasteiger partial charge in [-0.3, -0.25) is 24.7 Å². The Balaban J connectivity index is 0.00000533. The summed E-state index contributed by atoms with van der Waals surface area (Å²) in [6.07, 6.45) is -0.00611. The largest absolute Gasteiger partial charge is 0.477 e. The Morgan fingerprint density at radius 3 is 2.62 bits per heavy atom. The molecule has 2 amide bonds. The zero-order valence-electron chi connectivity index (χ0n) is 20.2. The number of carbonyl (C=O) groups excluding carboxylic acids is 4. The lowest BCUT2D eigenvalue weighted by atomic mass is 10.0. The molecule has 6 N–H and O–H groups in total. The average molecular weight is 620 g/mol. The van der Waals surface area contributed by atoms with E-state index < -0.39 is 46.8 Å². The van der Waals surface area contributed by atoms with Crippen LogP contribution < -0.4 is 16.4 Å². The van der Waals surface area contributed by atoms with Gasteiger partial charge in [-0.2, -0.15) is 0 Å². The highest BCUT2D eigenvalue weighted by Gasteiger charge is 2.54. The van der Waals surface area contributed by atoms with Gasteiger partial charge in [0.15, 0.2) is 10.8 Å². The lowest BCUT2D eigenvalue weighted by Crippen LogP contribution is -2.71. The van der Waals surface area contributed by atoms with Crippen molar-refractivity contribution in [1.29, 1.82) is 5.41 Å². The van der Waals surface area contributed by atoms with E-state index in [2.05, 4.69) is 25.6 Å². The minimum Gasteiger partial charge on any atom is -0.477 e. The van der Waals surface area contributed by atoms with E-state index in [0.29, 0.717) is 0 Å². The number of nitrogens with zero attached hydrogens (tertiary/aromatic N) is 3. The van der Waals surface area contributed by atoms with Crippen LogP contribution in [0.25, 0.3) is 0 Å². The average Bonchev–Trinajstić information content (AvgIpc) is 3.27. The monoisotopic (exact) mass is 619 g/mol. The first-order valence-corrected chi connectivity index (χ1v) is 12.9. The van der Waals surface area contributed by atoms with Crippen molar-refractivity contribution in [2.75, 3.05) is 17.7 Å². The first-order chi connectivity index (χ1) is 17.9. The third-order valence-corrected chi connectivity index (χ3v) is 7.15. The van der Waals surface area contributed by atoms with Crippen molar-refractivity contribution in [3.05, 3.63) is 22.3 Å². The number of hydrogen-bond donors (Lipinski definition) is 5. The summed E-state index contributed by atoms with van der Waals surface area (Å²) in [5.74, 6) is -4.40. The van der Waals surface area contributed by atoms with Crippen molar-refractivity contribution in [3.8, 4) is 0 Å². The molecule has 0 aromatic carbocycles. The molecular formula is C20H22ClN7O8S3. The molecule has 19 heteroatoms. The van der Waals surface area contributed by atoms with E-state index in [1.807, 2.05) is 0 Å². The Hall–Kier alpha value is -3.61. The maximum Gasteiger partial charge on any atom is 0.352 e. The fourth-order valence-electron chi connectivity index (χ4n) is 3.28. The highest BCUT2D eigenvalue weighted by Crippen LogP contribution is 2.40. The molecule has 0 radical (unpaired) electrons. The number of amides is 2. The number of amidine groups is 1. The van der Waals surface area contributed by atoms with Crippen molar-refractivity contribution in [1.82, 2.24) is 15.2 Å². The Kier molecular flexibility index (Phi) is 10.9. The van der Waals surface area contributed by atoms with Gasteiger partial charge < -0.3 is 31.0 Å². The van der Waals surface area contributed by atoms with Gasteiger partial charge in [0.2, 0.25) is 0 Å². The van der Waals surface area contributed by atoms with E-state index in [1.54, 1.807) is 0 Å². The zero-order valence-corrected chi connectivity index (χ0v) is 23.5. The number of carboxylic acid groups (broad SMARTS) is 1. The number of thioether (sulfide) groups is 1. The second kappa shape index (κ2) is 13.5. The van der Waals surface area contributed by atoms with E-state index in [0.717, 1.165) is 23.2 Å². The quantitative estimate of drug-likeness (QED) is 0.0449. The summed E-state index contributed by atoms with van der Waals surface area (Å²) in [6, 6.07) is -1.11. The second-order valence-corrected chi connectivity index (χ2v) is 10.2. The number of nitrogens with one attached hydrogen (secondary N) is 3. The number of carboxylic acids is 1. The standard InChI is InChI=1S/C20H21N7O8S3.ClH/c1-7(28)34-4-9-5-37-18-14(17(31)27(18)15(9)19(32)33)25-16(30)13(26-35-8(2)29)10-6-38-20(23-10)24-12(36)3-11(21)22;/h6,14,18H,3-5H2,1-2H3,(H3,21,22)(H,25,30)(H,32,33)(H,23,24,36);1H/b26-13+;/t14?,18-;/m1./s1. The number of anilines is 1. The van der Waals surface area contributed by atoms with E-state index in [9.17, 15) is 29.1 Å². The van der Waals surface area contributed by atoms with Crippen LogP contribution in [0.4, 0.5) is 5.13 Å². The first-order valence-electron chi connectivity index (χ1n) is 10.6. The van der Waals surface area contributed by atoms with Gasteiger partial charge >= 0.3 is 17.9 Å². The van der Waals surface area contributed by atoms with Gasteiger partial charge in [0, 0.05) is 30.6 Å². The second-order valence-electron chi connectivity index (χ2n) is 7.71. The fraction of sp³-hybridized carbons (Fsp3) is 0.350. The van der Waals surface area contributed by atoms with Crippen molar-refractivity contribution in [2.45, 2.75) is 31.7 Å². The third kappa shape index (κ3) is 7.71. The molecule has 1 saturated heterocycles. The van der Waals surface area contributed by atoms with Crippen LogP contribution in [0.5, 0.6) is 0 Å². The number of ether oxygens (including phenoxy) is 1. The van der Waals surface area contributed by atoms with E-state index in [4.69, 9.17) is 28.1 Å². The molecule has 0 bridgehead atoms. The summed E-state index contributed by atoms with van der Waals surface area (Å²) < 4.78 is 4.89. The van der Waals surface area contributed by atoms with Crippen LogP contribution in [0, 0.1) is 5.41 Å². The number of aliphatic carboxylic acids is 1. The summed E-state index contributed by atoms with van der Waals surface area (Å²) in [5, 5.41) is 26.7. The molecule has 0 spiro atoms. The molecule has 1 unspecified atom stereocenters. The van der Waals surface area contributed by atoms with Crippen LogP contribution in [0.3, 0.4) is 0 Å². The van der Waals surface area contributed by atoms with Gasteiger partial charge in [0.25, 0.3) is 11.8 Å². The Labute approximate surface area is 240 Å². The highest BCUT2D eigenvalue weighted by atomic mass is 35.5. The molecule has 15 nitrogen and oxygen atoms in total. The molecule has 2 atom stereocenters. The van der Waals surface area contributed by atoms with Crippen LogP contribution in [0.1, 0.15) is 26.0 Å². The lowest BCUT2D eigenvalue weighted by molar-refractivity contribution is -0.150. The number of thiazole rings is 1. The van der Waals surface area contributed by atoms with Gasteiger partial charge in [0.1, 0.15) is 29.4 Å². The van der Waals surface area contributed by atoms with E-state index >= 15 is 0 Å². The number of aromatic nitrogens is 1. The molecular weight excluding hydrogens is 598 g/mol. The zero-order chi connectivity index (χ0) is 28.1. The molecule has 2 aliphatic heterocycles. The number of β-lactam (4-membered cyclic amide) rings is 1. The van der Waals surface area contributed by atoms with Crippen LogP contribution in [0.15, 0.2) is 21.8 Å². The molecule has 1 fully saturated rings. The third-order valence-electron chi connectivity index (χ3n) is 4.81. The van der Waals surface area contributed by atoms with Gasteiger partial charge in [-0.15, -0.1) is 35.5 Å². The van der Waals surface area contributed by atoms with E-state index in [1.165, 1.54) is 24.1 Å². The minimum absolute atomic E-state index is 0. The van der Waals surface area contributed by atoms with Crippen LogP contribution in [-0.2, 0) is 33.5 Å². The molecule has 1 aromatic rings. The van der Waals surface area contributed by atoms with Crippen molar-refractivity contribution in [2.24, 2.45) is 10.9 Å². The van der Waals surface area contributed by atoms with Gasteiger partial charge in [0.05, 0.1) is 17.2 Å². The number of hydrogen-bond acceptors (Lipinski definition) is 13. The van der Waals surface area contributed by atoms with Crippen LogP contribution >= 0.6 is 47.7 Å². The molecule has 0 saturated carbocycles. The number of carbonyl (C=O) groups is 5. The predicted octanol–water partition coefficient (Wildman–Crippen LogP) is 0.199. The highest BCUT2D eigenvalue weighted by molar-refractivity contribution is 8.00. The van der Waals surface area contributed by atoms with Crippen LogP contribution in [0.2, 0.25) is 0 Å². The number of oxime groups is 1. The Morgan fingerprint density at radius 1 is 1.33 bits per heavy atom. The molecule has 2 aliphatic rings. The minimum atomic E-state index is -1.38. The normalized spacial score (nSPS) is 18.2. The number of fused-ring (bicyclic) bond motifs is 1. The predicted molar refractivity (Wildman–Crippen MR) is 147 cm³/mol. The van der Waals surface area contributed by atoms with Crippen molar-refractivity contribution < 1.29 is 38.7 Å². The summed E-state index contributed by atoms with van der Waals surface area (Å²) in [6.45, 7) is 1.97. The summed E-state index contributed by atoms with van der Waals surface area (Å²) in [4.78, 5) is 70.3. The van der Waals surface area contributed by atoms with Gasteiger partial charge in [-0.25, -0.2) is 14.6 Å². The smallest absolute Gasteiger partial charge is 0.352 e. The first kappa shape index (κ1) is 31.6. The number of rotatable bonds is 10. The summed E-state index contributed by atoms with van der Waals surface area (Å²) in [5.41, 5.74) is 4.84. The Bertz CT molecular complexity index is 1300. The number of thiocarbonyl (C=S) groups is 1. The summed E-state index contributed by atoms with van der Waals surface area (Å²) >= 11 is 7.30. The number of halogens is 1. The van der Waals surface area contributed by atoms with Crippen molar-refractivity contribution in [3.63, 3.8) is 0 Å². The lowest BCUT2D eigenvalue weighted by Gasteiger charge is -2.49.